The number of rotatable bonds is 7. The van der Waals surface area contributed by atoms with Gasteiger partial charge in [-0.05, 0) is 59.2 Å². The molecule has 2 rings (SSSR count). The molecule has 0 amide bonds. The number of ether oxygens (including phenoxy) is 1. The lowest BCUT2D eigenvalue weighted by atomic mass is 9.86. The molecule has 0 aliphatic carbocycles. The van der Waals surface area contributed by atoms with Gasteiger partial charge in [-0.2, -0.15) is 0 Å². The van der Waals surface area contributed by atoms with Crippen molar-refractivity contribution in [3.63, 3.8) is 0 Å². The van der Waals surface area contributed by atoms with Gasteiger partial charge in [-0.15, -0.1) is 0 Å². The Labute approximate surface area is 149 Å². The maximum atomic E-state index is 10.7. The van der Waals surface area contributed by atoms with Gasteiger partial charge in [-0.3, -0.25) is 0 Å². The molecule has 0 radical (unpaired) electrons. The highest BCUT2D eigenvalue weighted by Gasteiger charge is 2.13. The van der Waals surface area contributed by atoms with Crippen molar-refractivity contribution in [2.45, 2.75) is 45.1 Å². The van der Waals surface area contributed by atoms with E-state index in [2.05, 4.69) is 45.0 Å². The summed E-state index contributed by atoms with van der Waals surface area (Å²) in [6.07, 6.45) is 0.799. The van der Waals surface area contributed by atoms with Crippen LogP contribution >= 0.6 is 0 Å². The van der Waals surface area contributed by atoms with Crippen molar-refractivity contribution < 1.29 is 19.7 Å². The molecule has 0 bridgehead atoms. The average molecular weight is 341 g/mol. The second-order valence-corrected chi connectivity index (χ2v) is 7.26. The molecular weight excluding hydrogens is 316 g/mol. The summed E-state index contributed by atoms with van der Waals surface area (Å²) in [5, 5.41) is 20.8. The Hall–Kier alpha value is -2.33. The van der Waals surface area contributed by atoms with Crippen LogP contribution in [0, 0.1) is 0 Å². The minimum Gasteiger partial charge on any atom is -0.545 e. The van der Waals surface area contributed by atoms with E-state index in [1.807, 2.05) is 0 Å². The second kappa shape index (κ2) is 8.17. The predicted molar refractivity (Wildman–Crippen MR) is 95.7 cm³/mol. The number of benzene rings is 2. The molecule has 0 aliphatic heterocycles. The number of aliphatic hydroxyl groups is 1. The number of aryl methyl sites for hydroxylation is 1. The molecule has 1 atom stereocenters. The van der Waals surface area contributed by atoms with Crippen LogP contribution in [0.3, 0.4) is 0 Å². The predicted octanol–water partition coefficient (Wildman–Crippen LogP) is 2.72. The van der Waals surface area contributed by atoms with Crippen molar-refractivity contribution in [1.82, 2.24) is 0 Å². The van der Waals surface area contributed by atoms with Crippen molar-refractivity contribution in [3.05, 3.63) is 65.2 Å². The molecule has 2 aromatic rings. The summed E-state index contributed by atoms with van der Waals surface area (Å²) in [4.78, 5) is 10.7. The molecule has 0 fully saturated rings. The minimum absolute atomic E-state index is 0.103. The highest BCUT2D eigenvalue weighted by atomic mass is 16.5. The smallest absolute Gasteiger partial charge is 0.119 e. The maximum Gasteiger partial charge on any atom is 0.119 e. The first-order valence-electron chi connectivity index (χ1n) is 8.47. The van der Waals surface area contributed by atoms with Crippen molar-refractivity contribution in [2.75, 3.05) is 6.61 Å². The third-order valence-corrected chi connectivity index (χ3v) is 4.12. The highest BCUT2D eigenvalue weighted by molar-refractivity contribution is 5.85. The summed E-state index contributed by atoms with van der Waals surface area (Å²) in [6.45, 7) is 6.72. The van der Waals surface area contributed by atoms with Crippen LogP contribution in [0.4, 0.5) is 0 Å². The SMILES string of the molecule is CC(C)(C)c1ccc(CC[C@@H](O)COc2ccc(C(=O)[O-])cc2)cc1. The number of aromatic carboxylic acids is 1. The van der Waals surface area contributed by atoms with Crippen molar-refractivity contribution >= 4 is 5.97 Å². The minimum atomic E-state index is -1.22. The van der Waals surface area contributed by atoms with Crippen LogP contribution < -0.4 is 9.84 Å². The number of hydrogen-bond acceptors (Lipinski definition) is 4. The topological polar surface area (TPSA) is 69.6 Å². The molecule has 0 saturated heterocycles. The molecule has 1 N–H and O–H groups in total. The van der Waals surface area contributed by atoms with Crippen LogP contribution in [-0.2, 0) is 11.8 Å². The first-order chi connectivity index (χ1) is 11.8. The van der Waals surface area contributed by atoms with E-state index in [1.54, 1.807) is 12.1 Å². The fourth-order valence-corrected chi connectivity index (χ4v) is 2.47. The van der Waals surface area contributed by atoms with Crippen LogP contribution in [0.2, 0.25) is 0 Å². The van der Waals surface area contributed by atoms with E-state index in [-0.39, 0.29) is 17.6 Å². The van der Waals surface area contributed by atoms with E-state index in [0.29, 0.717) is 12.2 Å². The Balaban J connectivity index is 1.78. The second-order valence-electron chi connectivity index (χ2n) is 7.26. The fraction of sp³-hybridized carbons (Fsp3) is 0.381. The Morgan fingerprint density at radius 2 is 1.68 bits per heavy atom. The lowest BCUT2D eigenvalue weighted by Crippen LogP contribution is -2.22. The van der Waals surface area contributed by atoms with Gasteiger partial charge in [0.2, 0.25) is 0 Å². The lowest BCUT2D eigenvalue weighted by molar-refractivity contribution is -0.255. The average Bonchev–Trinajstić information content (AvgIpc) is 2.58. The standard InChI is InChI=1S/C21H26O4/c1-21(2,3)17-9-4-15(5-10-17)6-11-18(22)14-25-19-12-7-16(8-13-19)20(23)24/h4-5,7-10,12-13,18,22H,6,11,14H2,1-3H3,(H,23,24)/p-1/t18-/m1/s1. The Bertz CT molecular complexity index is 681. The van der Waals surface area contributed by atoms with Gasteiger partial charge < -0.3 is 19.7 Å². The van der Waals surface area contributed by atoms with Gasteiger partial charge in [-0.25, -0.2) is 0 Å². The monoisotopic (exact) mass is 341 g/mol. The third kappa shape index (κ3) is 5.91. The van der Waals surface area contributed by atoms with E-state index in [0.717, 1.165) is 6.42 Å². The highest BCUT2D eigenvalue weighted by Crippen LogP contribution is 2.22. The Morgan fingerprint density at radius 3 is 2.20 bits per heavy atom. The van der Waals surface area contributed by atoms with Crippen LogP contribution in [0.1, 0.15) is 48.7 Å². The molecule has 4 heteroatoms. The zero-order valence-corrected chi connectivity index (χ0v) is 15.0. The van der Waals surface area contributed by atoms with Gasteiger partial charge in [0, 0.05) is 0 Å². The van der Waals surface area contributed by atoms with Crippen molar-refractivity contribution in [3.8, 4) is 5.75 Å². The number of carboxylic acids is 1. The normalized spacial score (nSPS) is 12.6. The van der Waals surface area contributed by atoms with Gasteiger partial charge in [0.25, 0.3) is 0 Å². The summed E-state index contributed by atoms with van der Waals surface area (Å²) in [5.41, 5.74) is 2.72. The number of carbonyl (C=O) groups is 1. The van der Waals surface area contributed by atoms with Crippen LogP contribution in [0.25, 0.3) is 0 Å². The Kier molecular flexibility index (Phi) is 6.21. The van der Waals surface area contributed by atoms with Crippen molar-refractivity contribution in [2.24, 2.45) is 0 Å². The van der Waals surface area contributed by atoms with Gasteiger partial charge in [0.05, 0.1) is 12.1 Å². The molecule has 0 saturated carbocycles. The molecule has 0 heterocycles. The summed E-state index contributed by atoms with van der Waals surface area (Å²) in [7, 11) is 0. The molecule has 134 valence electrons. The molecule has 0 spiro atoms. The third-order valence-electron chi connectivity index (χ3n) is 4.12. The molecule has 25 heavy (non-hydrogen) atoms. The zero-order valence-electron chi connectivity index (χ0n) is 15.0. The Morgan fingerprint density at radius 1 is 1.08 bits per heavy atom. The number of carboxylic acid groups (broad SMARTS) is 1. The van der Waals surface area contributed by atoms with E-state index < -0.39 is 12.1 Å². The maximum absolute atomic E-state index is 10.7. The van der Waals surface area contributed by atoms with E-state index in [9.17, 15) is 15.0 Å². The summed E-state index contributed by atoms with van der Waals surface area (Å²) in [5.74, 6) is -0.692. The van der Waals surface area contributed by atoms with Crippen LogP contribution in [0.15, 0.2) is 48.5 Å². The molecule has 0 aromatic heterocycles. The van der Waals surface area contributed by atoms with Gasteiger partial charge >= 0.3 is 0 Å². The van der Waals surface area contributed by atoms with Gasteiger partial charge in [0.1, 0.15) is 12.4 Å². The van der Waals surface area contributed by atoms with Crippen molar-refractivity contribution in [1.29, 1.82) is 0 Å². The largest absolute Gasteiger partial charge is 0.545 e. The molecule has 0 aliphatic rings. The number of carbonyl (C=O) groups excluding carboxylic acids is 1. The summed E-state index contributed by atoms with van der Waals surface area (Å²) in [6, 6.07) is 14.4. The van der Waals surface area contributed by atoms with Crippen LogP contribution in [0.5, 0.6) is 5.75 Å². The fourth-order valence-electron chi connectivity index (χ4n) is 2.47. The van der Waals surface area contributed by atoms with Gasteiger partial charge in [-0.1, -0.05) is 45.0 Å². The van der Waals surface area contributed by atoms with E-state index >= 15 is 0 Å². The number of hydrogen-bond donors (Lipinski definition) is 1. The first kappa shape index (κ1) is 19.0. The summed E-state index contributed by atoms with van der Waals surface area (Å²) < 4.78 is 5.49. The quantitative estimate of drug-likeness (QED) is 0.841. The first-order valence-corrected chi connectivity index (χ1v) is 8.47. The van der Waals surface area contributed by atoms with Gasteiger partial charge in [0.15, 0.2) is 0 Å². The molecule has 4 nitrogen and oxygen atoms in total. The number of aliphatic hydroxyl groups excluding tert-OH is 1. The summed E-state index contributed by atoms with van der Waals surface area (Å²) >= 11 is 0. The molecule has 0 unspecified atom stereocenters. The molecular formula is C21H25O4-. The van der Waals surface area contributed by atoms with E-state index in [4.69, 9.17) is 4.74 Å². The van der Waals surface area contributed by atoms with Crippen LogP contribution in [-0.4, -0.2) is 23.8 Å². The zero-order chi connectivity index (χ0) is 18.4. The lowest BCUT2D eigenvalue weighted by Gasteiger charge is -2.19. The molecule has 2 aromatic carbocycles. The van der Waals surface area contributed by atoms with E-state index in [1.165, 1.54) is 23.3 Å².